The maximum absolute atomic E-state index is 13.4. The summed E-state index contributed by atoms with van der Waals surface area (Å²) in [6, 6.07) is 19.7. The molecular formula is C24H20Cl2N2O3. The molecule has 1 N–H and O–H groups in total. The number of nitrogens with zero attached hydrogens (tertiary/aromatic N) is 1. The van der Waals surface area contributed by atoms with Gasteiger partial charge in [-0.05, 0) is 72.3 Å². The Hall–Kier alpha value is -3.15. The number of ether oxygens (including phenoxy) is 2. The van der Waals surface area contributed by atoms with E-state index in [0.717, 1.165) is 16.9 Å². The van der Waals surface area contributed by atoms with Gasteiger partial charge in [-0.25, -0.2) is 0 Å². The van der Waals surface area contributed by atoms with Crippen molar-refractivity contribution < 1.29 is 14.3 Å². The van der Waals surface area contributed by atoms with Crippen molar-refractivity contribution in [2.45, 2.75) is 6.04 Å². The van der Waals surface area contributed by atoms with E-state index in [1.165, 1.54) is 0 Å². The number of benzene rings is 3. The molecule has 158 valence electrons. The highest BCUT2D eigenvalue weighted by atomic mass is 35.5. The van der Waals surface area contributed by atoms with E-state index in [1.807, 2.05) is 48.5 Å². The van der Waals surface area contributed by atoms with Gasteiger partial charge in [0.25, 0.3) is 5.91 Å². The first-order valence-corrected chi connectivity index (χ1v) is 10.3. The molecule has 0 fully saturated rings. The molecule has 3 aromatic rings. The molecule has 1 amide bonds. The lowest BCUT2D eigenvalue weighted by Crippen LogP contribution is -2.30. The minimum Gasteiger partial charge on any atom is -0.493 e. The van der Waals surface area contributed by atoms with E-state index in [9.17, 15) is 4.79 Å². The Morgan fingerprint density at radius 1 is 0.839 bits per heavy atom. The summed E-state index contributed by atoms with van der Waals surface area (Å²) in [5.74, 6) is 1.06. The third-order valence-electron chi connectivity index (χ3n) is 5.03. The Bertz CT molecular complexity index is 1130. The minimum absolute atomic E-state index is 0.156. The summed E-state index contributed by atoms with van der Waals surface area (Å²) in [5.41, 5.74) is 2.86. The molecule has 4 rings (SSSR count). The second kappa shape index (κ2) is 8.92. The SMILES string of the molecule is COc1ccc([C@@H]2C=C(Nc3ccc(Cl)cc3)C(=O)N2c2ccc(Cl)cc2)cc1OC. The number of carbonyl (C=O) groups is 1. The second-order valence-electron chi connectivity index (χ2n) is 6.92. The number of hydrogen-bond donors (Lipinski definition) is 1. The Balaban J connectivity index is 1.75. The Kier molecular flexibility index (Phi) is 6.07. The predicted molar refractivity (Wildman–Crippen MR) is 124 cm³/mol. The minimum atomic E-state index is -0.344. The standard InChI is InChI=1S/C24H20Cl2N2O3/c1-30-22-12-3-15(13-23(22)31-2)21-14-20(27-18-8-4-16(25)5-9-18)24(29)28(21)19-10-6-17(26)7-11-19/h3-14,21,27H,1-2H3/t21-/m0/s1. The summed E-state index contributed by atoms with van der Waals surface area (Å²) >= 11 is 12.0. The van der Waals surface area contributed by atoms with Gasteiger partial charge in [0.1, 0.15) is 5.70 Å². The van der Waals surface area contributed by atoms with E-state index in [0.29, 0.717) is 27.2 Å². The largest absolute Gasteiger partial charge is 0.493 e. The average molecular weight is 455 g/mol. The number of halogens is 2. The van der Waals surface area contributed by atoms with Gasteiger partial charge >= 0.3 is 0 Å². The zero-order valence-electron chi connectivity index (χ0n) is 16.9. The number of methoxy groups -OCH3 is 2. The first-order chi connectivity index (χ1) is 15.0. The molecule has 0 saturated carbocycles. The van der Waals surface area contributed by atoms with Crippen molar-refractivity contribution in [1.29, 1.82) is 0 Å². The summed E-state index contributed by atoms with van der Waals surface area (Å²) in [6.07, 6.45) is 1.90. The molecule has 0 spiro atoms. The van der Waals surface area contributed by atoms with Crippen molar-refractivity contribution in [3.05, 3.63) is 94.1 Å². The van der Waals surface area contributed by atoms with Crippen LogP contribution in [0.4, 0.5) is 11.4 Å². The molecule has 0 aromatic heterocycles. The molecule has 5 nitrogen and oxygen atoms in total. The number of amides is 1. The van der Waals surface area contributed by atoms with Crippen molar-refractivity contribution in [1.82, 2.24) is 0 Å². The number of anilines is 2. The smallest absolute Gasteiger partial charge is 0.275 e. The molecule has 7 heteroatoms. The van der Waals surface area contributed by atoms with Gasteiger partial charge < -0.3 is 14.8 Å². The summed E-state index contributed by atoms with van der Waals surface area (Å²) in [7, 11) is 3.17. The Labute approximate surface area is 190 Å². The van der Waals surface area contributed by atoms with E-state index in [1.54, 1.807) is 43.4 Å². The molecule has 0 unspecified atom stereocenters. The van der Waals surface area contributed by atoms with Crippen LogP contribution >= 0.6 is 23.2 Å². The molecule has 3 aromatic carbocycles. The van der Waals surface area contributed by atoms with Crippen molar-refractivity contribution >= 4 is 40.5 Å². The zero-order chi connectivity index (χ0) is 22.0. The van der Waals surface area contributed by atoms with Crippen LogP contribution in [0.2, 0.25) is 10.0 Å². The van der Waals surface area contributed by atoms with E-state index in [2.05, 4.69) is 5.32 Å². The molecule has 31 heavy (non-hydrogen) atoms. The van der Waals surface area contributed by atoms with E-state index >= 15 is 0 Å². The topological polar surface area (TPSA) is 50.8 Å². The predicted octanol–water partition coefficient (Wildman–Crippen LogP) is 6.09. The van der Waals surface area contributed by atoms with Crippen LogP contribution in [0.5, 0.6) is 11.5 Å². The molecule has 1 atom stereocenters. The van der Waals surface area contributed by atoms with Gasteiger partial charge in [-0.2, -0.15) is 0 Å². The Morgan fingerprint density at radius 3 is 2.06 bits per heavy atom. The fourth-order valence-corrected chi connectivity index (χ4v) is 3.76. The molecule has 0 radical (unpaired) electrons. The highest BCUT2D eigenvalue weighted by Crippen LogP contribution is 2.39. The van der Waals surface area contributed by atoms with E-state index in [-0.39, 0.29) is 11.9 Å². The lowest BCUT2D eigenvalue weighted by Gasteiger charge is -2.26. The summed E-state index contributed by atoms with van der Waals surface area (Å²) in [6.45, 7) is 0. The van der Waals surface area contributed by atoms with Crippen molar-refractivity contribution in [3.63, 3.8) is 0 Å². The van der Waals surface area contributed by atoms with Crippen LogP contribution in [0.25, 0.3) is 0 Å². The highest BCUT2D eigenvalue weighted by molar-refractivity contribution is 6.31. The third kappa shape index (κ3) is 4.33. The molecule has 0 aliphatic carbocycles. The fourth-order valence-electron chi connectivity index (χ4n) is 3.51. The van der Waals surface area contributed by atoms with Gasteiger partial charge in [-0.3, -0.25) is 9.69 Å². The average Bonchev–Trinajstić information content (AvgIpc) is 3.11. The summed E-state index contributed by atoms with van der Waals surface area (Å²) in [4.78, 5) is 15.1. The molecular weight excluding hydrogens is 435 g/mol. The lowest BCUT2D eigenvalue weighted by atomic mass is 10.1. The zero-order valence-corrected chi connectivity index (χ0v) is 18.4. The van der Waals surface area contributed by atoms with Crippen LogP contribution in [0.1, 0.15) is 11.6 Å². The quantitative estimate of drug-likeness (QED) is 0.489. The van der Waals surface area contributed by atoms with Crippen LogP contribution in [0.15, 0.2) is 78.5 Å². The van der Waals surface area contributed by atoms with E-state index < -0.39 is 0 Å². The van der Waals surface area contributed by atoms with Gasteiger partial charge in [0.15, 0.2) is 11.5 Å². The monoisotopic (exact) mass is 454 g/mol. The first-order valence-electron chi connectivity index (χ1n) is 9.55. The van der Waals surface area contributed by atoms with Crippen LogP contribution in [0, 0.1) is 0 Å². The molecule has 0 bridgehead atoms. The molecule has 0 saturated heterocycles. The van der Waals surface area contributed by atoms with Crippen molar-refractivity contribution in [2.24, 2.45) is 0 Å². The van der Waals surface area contributed by atoms with Crippen LogP contribution < -0.4 is 19.7 Å². The maximum atomic E-state index is 13.4. The van der Waals surface area contributed by atoms with Crippen LogP contribution in [-0.4, -0.2) is 20.1 Å². The van der Waals surface area contributed by atoms with E-state index in [4.69, 9.17) is 32.7 Å². The van der Waals surface area contributed by atoms with Gasteiger partial charge in [0.2, 0.25) is 0 Å². The van der Waals surface area contributed by atoms with Crippen LogP contribution in [-0.2, 0) is 4.79 Å². The highest BCUT2D eigenvalue weighted by Gasteiger charge is 2.35. The van der Waals surface area contributed by atoms with Gasteiger partial charge in [-0.15, -0.1) is 0 Å². The maximum Gasteiger partial charge on any atom is 0.275 e. The number of nitrogens with one attached hydrogen (secondary N) is 1. The molecule has 1 aliphatic heterocycles. The van der Waals surface area contributed by atoms with Crippen molar-refractivity contribution in [2.75, 3.05) is 24.4 Å². The lowest BCUT2D eigenvalue weighted by molar-refractivity contribution is -0.114. The number of hydrogen-bond acceptors (Lipinski definition) is 4. The van der Waals surface area contributed by atoms with Crippen molar-refractivity contribution in [3.8, 4) is 11.5 Å². The van der Waals surface area contributed by atoms with Gasteiger partial charge in [0, 0.05) is 21.4 Å². The second-order valence-corrected chi connectivity index (χ2v) is 7.80. The molecule has 1 heterocycles. The first kappa shape index (κ1) is 21.1. The summed E-state index contributed by atoms with van der Waals surface area (Å²) in [5, 5.41) is 4.44. The van der Waals surface area contributed by atoms with Gasteiger partial charge in [0.05, 0.1) is 20.3 Å². The number of rotatable bonds is 6. The molecule has 1 aliphatic rings. The normalized spacial score (nSPS) is 15.6. The third-order valence-corrected chi connectivity index (χ3v) is 5.53. The summed E-state index contributed by atoms with van der Waals surface area (Å²) < 4.78 is 10.8. The fraction of sp³-hybridized carbons (Fsp3) is 0.125. The van der Waals surface area contributed by atoms with Gasteiger partial charge in [-0.1, -0.05) is 29.3 Å². The van der Waals surface area contributed by atoms with Crippen LogP contribution in [0.3, 0.4) is 0 Å². The Morgan fingerprint density at radius 2 is 1.45 bits per heavy atom. The number of carbonyl (C=O) groups excluding carboxylic acids is 1.